The molecule has 0 aliphatic rings. The molecule has 0 unspecified atom stereocenters. The van der Waals surface area contributed by atoms with Crippen molar-refractivity contribution in [3.8, 4) is 0 Å². The average molecular weight is 268 g/mol. The lowest BCUT2D eigenvalue weighted by atomic mass is 10.5. The molecular weight excluding hydrogens is 253 g/mol. The van der Waals surface area contributed by atoms with Gasteiger partial charge in [-0.1, -0.05) is 25.2 Å². The summed E-state index contributed by atoms with van der Waals surface area (Å²) in [6, 6.07) is 0. The summed E-state index contributed by atoms with van der Waals surface area (Å²) < 4.78 is 36.7. The molecule has 0 aliphatic heterocycles. The van der Waals surface area contributed by atoms with Crippen molar-refractivity contribution >= 4 is 16.5 Å². The zero-order chi connectivity index (χ0) is 12.9. The van der Waals surface area contributed by atoms with Gasteiger partial charge in [0.2, 0.25) is 10.1 Å². The number of likely N-dealkylation sites (N-methyl/N-ethyl adjacent to an activating group) is 1. The number of hydrogen-bond donors (Lipinski definition) is 1. The molecule has 98 valence electrons. The van der Waals surface area contributed by atoms with Crippen molar-refractivity contribution in [1.82, 2.24) is 15.1 Å². The standard InChI is InChI=1S/C9H15F3N4S/c1-3-16(4-2)6-5-13-8-15-14-7(17-8)9(10,11)12/h3-6H2,1-2H3,(H,13,15). The molecule has 0 amide bonds. The fourth-order valence-electron chi connectivity index (χ4n) is 1.27. The monoisotopic (exact) mass is 268 g/mol. The third-order valence-electron chi connectivity index (χ3n) is 2.27. The van der Waals surface area contributed by atoms with Crippen molar-refractivity contribution in [2.45, 2.75) is 20.0 Å². The quantitative estimate of drug-likeness (QED) is 0.859. The number of halogens is 3. The van der Waals surface area contributed by atoms with E-state index in [0.29, 0.717) is 17.9 Å². The number of alkyl halides is 3. The average Bonchev–Trinajstić information content (AvgIpc) is 2.73. The molecule has 1 aromatic heterocycles. The maximum Gasteiger partial charge on any atom is 0.445 e. The molecule has 0 aromatic carbocycles. The molecule has 8 heteroatoms. The van der Waals surface area contributed by atoms with Gasteiger partial charge in [0.1, 0.15) is 0 Å². The number of nitrogens with zero attached hydrogens (tertiary/aromatic N) is 3. The van der Waals surface area contributed by atoms with Crippen molar-refractivity contribution in [1.29, 1.82) is 0 Å². The fraction of sp³-hybridized carbons (Fsp3) is 0.778. The number of nitrogens with one attached hydrogen (secondary N) is 1. The third kappa shape index (κ3) is 4.47. The number of aromatic nitrogens is 2. The van der Waals surface area contributed by atoms with Gasteiger partial charge in [0.15, 0.2) is 0 Å². The van der Waals surface area contributed by atoms with Crippen LogP contribution in [0, 0.1) is 0 Å². The molecule has 1 heterocycles. The second-order valence-electron chi connectivity index (χ2n) is 3.36. The smallest absolute Gasteiger partial charge is 0.359 e. The summed E-state index contributed by atoms with van der Waals surface area (Å²) in [5, 5.41) is 8.68. The van der Waals surface area contributed by atoms with Crippen LogP contribution in [0.2, 0.25) is 0 Å². The van der Waals surface area contributed by atoms with E-state index in [9.17, 15) is 13.2 Å². The molecule has 0 atom stereocenters. The lowest BCUT2D eigenvalue weighted by Gasteiger charge is -2.17. The van der Waals surface area contributed by atoms with Crippen LogP contribution < -0.4 is 5.32 Å². The van der Waals surface area contributed by atoms with Crippen molar-refractivity contribution < 1.29 is 13.2 Å². The van der Waals surface area contributed by atoms with Gasteiger partial charge in [0.25, 0.3) is 0 Å². The van der Waals surface area contributed by atoms with Gasteiger partial charge in [-0.25, -0.2) is 0 Å². The molecule has 0 aliphatic carbocycles. The van der Waals surface area contributed by atoms with Crippen LogP contribution in [0.4, 0.5) is 18.3 Å². The minimum absolute atomic E-state index is 0.212. The van der Waals surface area contributed by atoms with Gasteiger partial charge >= 0.3 is 6.18 Å². The molecule has 0 radical (unpaired) electrons. The van der Waals surface area contributed by atoms with Crippen LogP contribution in [0.15, 0.2) is 0 Å². The molecule has 1 aromatic rings. The predicted octanol–water partition coefficient (Wildman–Crippen LogP) is 2.31. The van der Waals surface area contributed by atoms with Gasteiger partial charge in [-0.3, -0.25) is 0 Å². The van der Waals surface area contributed by atoms with Gasteiger partial charge in [0.05, 0.1) is 0 Å². The Morgan fingerprint density at radius 1 is 1.24 bits per heavy atom. The Kier molecular flexibility index (Phi) is 5.13. The van der Waals surface area contributed by atoms with E-state index in [0.717, 1.165) is 19.6 Å². The largest absolute Gasteiger partial charge is 0.445 e. The first-order valence-corrected chi connectivity index (χ1v) is 6.16. The second kappa shape index (κ2) is 6.15. The van der Waals surface area contributed by atoms with Crippen molar-refractivity contribution in [3.05, 3.63) is 5.01 Å². The molecule has 0 fully saturated rings. The number of hydrogen-bond acceptors (Lipinski definition) is 5. The van der Waals surface area contributed by atoms with Gasteiger partial charge in [-0.05, 0) is 13.1 Å². The highest BCUT2D eigenvalue weighted by atomic mass is 32.1. The summed E-state index contributed by atoms with van der Waals surface area (Å²) in [5.41, 5.74) is 0. The zero-order valence-corrected chi connectivity index (χ0v) is 10.5. The van der Waals surface area contributed by atoms with Gasteiger partial charge in [0, 0.05) is 13.1 Å². The molecule has 0 bridgehead atoms. The first kappa shape index (κ1) is 14.2. The van der Waals surface area contributed by atoms with Crippen LogP contribution in [-0.4, -0.2) is 41.3 Å². The van der Waals surface area contributed by atoms with Crippen LogP contribution in [0.1, 0.15) is 18.9 Å². The first-order valence-electron chi connectivity index (χ1n) is 5.34. The van der Waals surface area contributed by atoms with Crippen LogP contribution >= 0.6 is 11.3 Å². The maximum absolute atomic E-state index is 12.2. The van der Waals surface area contributed by atoms with Crippen LogP contribution in [0.5, 0.6) is 0 Å². The Morgan fingerprint density at radius 2 is 1.88 bits per heavy atom. The van der Waals surface area contributed by atoms with Crippen molar-refractivity contribution in [3.63, 3.8) is 0 Å². The van der Waals surface area contributed by atoms with E-state index in [4.69, 9.17) is 0 Å². The summed E-state index contributed by atoms with van der Waals surface area (Å²) in [6.45, 7) is 7.25. The fourth-order valence-corrected chi connectivity index (χ4v) is 1.91. The lowest BCUT2D eigenvalue weighted by molar-refractivity contribution is -0.138. The highest BCUT2D eigenvalue weighted by Gasteiger charge is 2.35. The van der Waals surface area contributed by atoms with E-state index in [1.165, 1.54) is 0 Å². The second-order valence-corrected chi connectivity index (χ2v) is 4.34. The SMILES string of the molecule is CCN(CC)CCNc1nnc(C(F)(F)F)s1. The van der Waals surface area contributed by atoms with Gasteiger partial charge in [-0.15, -0.1) is 10.2 Å². The van der Waals surface area contributed by atoms with E-state index in [1.54, 1.807) is 0 Å². The topological polar surface area (TPSA) is 41.0 Å². The minimum atomic E-state index is -4.41. The molecule has 1 N–H and O–H groups in total. The molecule has 0 saturated carbocycles. The molecule has 1 rings (SSSR count). The first-order chi connectivity index (χ1) is 7.97. The van der Waals surface area contributed by atoms with Crippen molar-refractivity contribution in [2.75, 3.05) is 31.5 Å². The third-order valence-corrected chi connectivity index (χ3v) is 3.19. The summed E-state index contributed by atoms with van der Waals surface area (Å²) in [7, 11) is 0. The summed E-state index contributed by atoms with van der Waals surface area (Å²) >= 11 is 0.530. The Bertz CT molecular complexity index is 335. The molecule has 0 saturated heterocycles. The highest BCUT2D eigenvalue weighted by Crippen LogP contribution is 2.32. The Labute approximate surface area is 102 Å². The van der Waals surface area contributed by atoms with E-state index < -0.39 is 11.2 Å². The molecule has 0 spiro atoms. The maximum atomic E-state index is 12.2. The zero-order valence-electron chi connectivity index (χ0n) is 9.71. The summed E-state index contributed by atoms with van der Waals surface area (Å²) in [5.74, 6) is 0. The Balaban J connectivity index is 2.40. The molecule has 4 nitrogen and oxygen atoms in total. The Hall–Kier alpha value is -0.890. The van der Waals surface area contributed by atoms with Crippen molar-refractivity contribution in [2.24, 2.45) is 0 Å². The summed E-state index contributed by atoms with van der Waals surface area (Å²) in [6.07, 6.45) is -4.41. The van der Waals surface area contributed by atoms with E-state index >= 15 is 0 Å². The lowest BCUT2D eigenvalue weighted by Crippen LogP contribution is -2.28. The highest BCUT2D eigenvalue weighted by molar-refractivity contribution is 7.15. The van der Waals surface area contributed by atoms with Gasteiger partial charge < -0.3 is 10.2 Å². The Morgan fingerprint density at radius 3 is 2.35 bits per heavy atom. The van der Waals surface area contributed by atoms with E-state index in [1.807, 2.05) is 13.8 Å². The normalized spacial score (nSPS) is 12.1. The van der Waals surface area contributed by atoms with E-state index in [-0.39, 0.29) is 5.13 Å². The van der Waals surface area contributed by atoms with Crippen LogP contribution in [-0.2, 0) is 6.18 Å². The van der Waals surface area contributed by atoms with Crippen LogP contribution in [0.3, 0.4) is 0 Å². The number of rotatable bonds is 6. The molecular formula is C9H15F3N4S. The molecule has 17 heavy (non-hydrogen) atoms. The van der Waals surface area contributed by atoms with Gasteiger partial charge in [-0.2, -0.15) is 13.2 Å². The summed E-state index contributed by atoms with van der Waals surface area (Å²) in [4.78, 5) is 2.17. The predicted molar refractivity (Wildman–Crippen MR) is 61.2 cm³/mol. The number of anilines is 1. The van der Waals surface area contributed by atoms with Crippen LogP contribution in [0.25, 0.3) is 0 Å². The van der Waals surface area contributed by atoms with E-state index in [2.05, 4.69) is 20.4 Å². The minimum Gasteiger partial charge on any atom is -0.359 e.